The Kier molecular flexibility index (Phi) is 2.67. The number of likely N-dealkylation sites (N-methyl/N-ethyl adjacent to an activating group) is 1. The maximum Gasteiger partial charge on any atom is 0.129 e. The number of aromatic nitrogens is 3. The third-order valence-electron chi connectivity index (χ3n) is 4.18. The number of hydrogen-bond donors (Lipinski definition) is 0. The van der Waals surface area contributed by atoms with Gasteiger partial charge in [-0.15, -0.1) is 0 Å². The van der Waals surface area contributed by atoms with Crippen molar-refractivity contribution in [2.75, 3.05) is 32.1 Å². The predicted molar refractivity (Wildman–Crippen MR) is 76.4 cm³/mol. The van der Waals surface area contributed by atoms with Gasteiger partial charge in [0, 0.05) is 30.1 Å². The van der Waals surface area contributed by atoms with Crippen LogP contribution in [0.15, 0.2) is 18.5 Å². The van der Waals surface area contributed by atoms with Gasteiger partial charge in [0.1, 0.15) is 5.82 Å². The number of nitrogens with zero attached hydrogens (tertiary/aromatic N) is 5. The zero-order valence-corrected chi connectivity index (χ0v) is 11.9. The first kappa shape index (κ1) is 12.3. The number of anilines is 1. The van der Waals surface area contributed by atoms with Gasteiger partial charge in [0.15, 0.2) is 0 Å². The number of rotatable bonds is 2. The normalized spacial score (nSPS) is 17.8. The van der Waals surface area contributed by atoms with Crippen molar-refractivity contribution in [3.8, 4) is 0 Å². The van der Waals surface area contributed by atoms with Crippen LogP contribution in [-0.4, -0.2) is 52.8 Å². The van der Waals surface area contributed by atoms with Gasteiger partial charge in [-0.2, -0.15) is 10.2 Å². The third kappa shape index (κ3) is 1.94. The fourth-order valence-corrected chi connectivity index (χ4v) is 2.49. The van der Waals surface area contributed by atoms with Crippen LogP contribution in [0.3, 0.4) is 0 Å². The quantitative estimate of drug-likeness (QED) is 0.815. The third-order valence-corrected chi connectivity index (χ3v) is 4.18. The molecule has 2 aromatic heterocycles. The molecule has 0 saturated carbocycles. The number of pyridine rings is 1. The lowest BCUT2D eigenvalue weighted by molar-refractivity contribution is 0.132. The molecule has 3 heterocycles. The van der Waals surface area contributed by atoms with E-state index in [9.17, 15) is 0 Å². The Morgan fingerprint density at radius 1 is 1.26 bits per heavy atom. The Balaban J connectivity index is 1.88. The van der Waals surface area contributed by atoms with Gasteiger partial charge in [-0.3, -0.25) is 0 Å². The minimum atomic E-state index is 0.253. The average Bonchev–Trinajstić information content (AvgIpc) is 2.34. The van der Waals surface area contributed by atoms with Gasteiger partial charge < -0.3 is 9.80 Å². The van der Waals surface area contributed by atoms with Crippen LogP contribution in [-0.2, 0) is 0 Å². The summed E-state index contributed by atoms with van der Waals surface area (Å²) in [6.07, 6.45) is 3.71. The summed E-state index contributed by atoms with van der Waals surface area (Å²) >= 11 is 0. The van der Waals surface area contributed by atoms with E-state index in [2.05, 4.69) is 52.1 Å². The Labute approximate surface area is 113 Å². The van der Waals surface area contributed by atoms with E-state index in [0.29, 0.717) is 0 Å². The van der Waals surface area contributed by atoms with Gasteiger partial charge in [0.25, 0.3) is 0 Å². The summed E-state index contributed by atoms with van der Waals surface area (Å²) in [5, 5.41) is 10.2. The second-order valence-corrected chi connectivity index (χ2v) is 5.81. The maximum absolute atomic E-state index is 4.55. The van der Waals surface area contributed by atoms with Crippen LogP contribution >= 0.6 is 0 Å². The SMILES string of the molecule is Cc1nncc2cc(N3CC(C)(N(C)C)C3)ncc12. The van der Waals surface area contributed by atoms with E-state index in [1.54, 1.807) is 6.20 Å². The van der Waals surface area contributed by atoms with Crippen LogP contribution < -0.4 is 4.90 Å². The summed E-state index contributed by atoms with van der Waals surface area (Å²) in [7, 11) is 4.26. The topological polar surface area (TPSA) is 45.2 Å². The highest BCUT2D eigenvalue weighted by Gasteiger charge is 2.41. The number of fused-ring (bicyclic) bond motifs is 1. The molecule has 0 aromatic carbocycles. The van der Waals surface area contributed by atoms with Crippen molar-refractivity contribution in [1.29, 1.82) is 0 Å². The standard InChI is InChI=1S/C14H19N5/c1-10-12-7-15-13(5-11(12)6-16-17-10)19-8-14(2,9-19)18(3)4/h5-7H,8-9H2,1-4H3. The van der Waals surface area contributed by atoms with Crippen LogP contribution in [0.25, 0.3) is 10.8 Å². The molecule has 5 nitrogen and oxygen atoms in total. The van der Waals surface area contributed by atoms with Crippen LogP contribution in [0.4, 0.5) is 5.82 Å². The molecule has 0 atom stereocenters. The Bertz CT molecular complexity index is 616. The molecule has 0 bridgehead atoms. The van der Waals surface area contributed by atoms with E-state index in [0.717, 1.165) is 35.4 Å². The minimum absolute atomic E-state index is 0.253. The van der Waals surface area contributed by atoms with Crippen molar-refractivity contribution in [1.82, 2.24) is 20.1 Å². The smallest absolute Gasteiger partial charge is 0.129 e. The molecule has 19 heavy (non-hydrogen) atoms. The van der Waals surface area contributed by atoms with Crippen LogP contribution in [0, 0.1) is 6.92 Å². The van der Waals surface area contributed by atoms with Crippen molar-refractivity contribution in [2.45, 2.75) is 19.4 Å². The fraction of sp³-hybridized carbons (Fsp3) is 0.500. The van der Waals surface area contributed by atoms with Gasteiger partial charge >= 0.3 is 0 Å². The van der Waals surface area contributed by atoms with Crippen LogP contribution in [0.2, 0.25) is 0 Å². The van der Waals surface area contributed by atoms with E-state index < -0.39 is 0 Å². The molecule has 0 unspecified atom stereocenters. The van der Waals surface area contributed by atoms with E-state index in [4.69, 9.17) is 0 Å². The zero-order chi connectivity index (χ0) is 13.6. The fourth-order valence-electron chi connectivity index (χ4n) is 2.49. The van der Waals surface area contributed by atoms with E-state index in [1.807, 2.05) is 13.1 Å². The van der Waals surface area contributed by atoms with Crippen LogP contribution in [0.5, 0.6) is 0 Å². The summed E-state index contributed by atoms with van der Waals surface area (Å²) in [6, 6.07) is 2.10. The van der Waals surface area contributed by atoms with Gasteiger partial charge in [-0.25, -0.2) is 4.98 Å². The summed E-state index contributed by atoms with van der Waals surface area (Å²) in [5.74, 6) is 1.03. The van der Waals surface area contributed by atoms with Crippen molar-refractivity contribution in [3.05, 3.63) is 24.2 Å². The Morgan fingerprint density at radius 2 is 2.00 bits per heavy atom. The summed E-state index contributed by atoms with van der Waals surface area (Å²) in [6.45, 7) is 6.26. The van der Waals surface area contributed by atoms with E-state index >= 15 is 0 Å². The lowest BCUT2D eigenvalue weighted by Crippen LogP contribution is -2.67. The first-order valence-corrected chi connectivity index (χ1v) is 6.50. The van der Waals surface area contributed by atoms with E-state index in [1.165, 1.54) is 0 Å². The van der Waals surface area contributed by atoms with Gasteiger partial charge in [-0.1, -0.05) is 0 Å². The lowest BCUT2D eigenvalue weighted by Gasteiger charge is -2.52. The highest BCUT2D eigenvalue weighted by Crippen LogP contribution is 2.30. The highest BCUT2D eigenvalue weighted by molar-refractivity contribution is 5.85. The first-order chi connectivity index (χ1) is 8.99. The molecule has 0 spiro atoms. The highest BCUT2D eigenvalue weighted by atomic mass is 15.3. The lowest BCUT2D eigenvalue weighted by atomic mass is 9.91. The molecule has 1 aliphatic heterocycles. The van der Waals surface area contributed by atoms with E-state index in [-0.39, 0.29) is 5.54 Å². The molecule has 1 saturated heterocycles. The Hall–Kier alpha value is -1.75. The summed E-state index contributed by atoms with van der Waals surface area (Å²) in [4.78, 5) is 9.13. The first-order valence-electron chi connectivity index (χ1n) is 6.50. The molecule has 3 rings (SSSR count). The van der Waals surface area contributed by atoms with Crippen molar-refractivity contribution >= 4 is 16.6 Å². The molecular weight excluding hydrogens is 238 g/mol. The van der Waals surface area contributed by atoms with Crippen molar-refractivity contribution in [2.24, 2.45) is 0 Å². The number of hydrogen-bond acceptors (Lipinski definition) is 5. The largest absolute Gasteiger partial charge is 0.353 e. The molecular formula is C14H19N5. The Morgan fingerprint density at radius 3 is 2.68 bits per heavy atom. The van der Waals surface area contributed by atoms with Crippen molar-refractivity contribution in [3.63, 3.8) is 0 Å². The van der Waals surface area contributed by atoms with Crippen LogP contribution in [0.1, 0.15) is 12.6 Å². The maximum atomic E-state index is 4.55. The minimum Gasteiger partial charge on any atom is -0.353 e. The van der Waals surface area contributed by atoms with Gasteiger partial charge in [0.2, 0.25) is 0 Å². The molecule has 100 valence electrons. The molecule has 0 radical (unpaired) electrons. The zero-order valence-electron chi connectivity index (χ0n) is 11.9. The average molecular weight is 257 g/mol. The molecule has 0 aliphatic carbocycles. The monoisotopic (exact) mass is 257 g/mol. The summed E-state index contributed by atoms with van der Waals surface area (Å²) < 4.78 is 0. The molecule has 0 amide bonds. The van der Waals surface area contributed by atoms with Gasteiger partial charge in [-0.05, 0) is 34.0 Å². The predicted octanol–water partition coefficient (Wildman–Crippen LogP) is 1.47. The molecule has 0 N–H and O–H groups in total. The number of aryl methyl sites for hydroxylation is 1. The second-order valence-electron chi connectivity index (χ2n) is 5.81. The second kappa shape index (κ2) is 4.13. The molecule has 5 heteroatoms. The molecule has 1 fully saturated rings. The van der Waals surface area contributed by atoms with Gasteiger partial charge in [0.05, 0.1) is 17.4 Å². The summed E-state index contributed by atoms with van der Waals surface area (Å²) in [5.41, 5.74) is 1.18. The molecule has 1 aliphatic rings. The molecule has 2 aromatic rings. The van der Waals surface area contributed by atoms with Crippen molar-refractivity contribution < 1.29 is 0 Å².